The van der Waals surface area contributed by atoms with Crippen molar-refractivity contribution >= 4 is 30.7 Å². The number of nitrogens with two attached hydrogens (primary N) is 1. The fourth-order valence-electron chi connectivity index (χ4n) is 6.05. The number of piperidine rings is 1. The van der Waals surface area contributed by atoms with Gasteiger partial charge in [-0.1, -0.05) is 45.0 Å². The molecule has 1 aliphatic carbocycles. The maximum absolute atomic E-state index is 6.76. The van der Waals surface area contributed by atoms with Gasteiger partial charge in [0.15, 0.2) is 8.32 Å². The van der Waals surface area contributed by atoms with Crippen LogP contribution in [0.5, 0.6) is 0 Å². The van der Waals surface area contributed by atoms with Gasteiger partial charge in [-0.3, -0.25) is 0 Å². The van der Waals surface area contributed by atoms with Crippen LogP contribution in [-0.4, -0.2) is 51.1 Å². The highest BCUT2D eigenvalue weighted by molar-refractivity contribution is 6.74. The standard InChI is InChI=1S/C34H49N5OSi/c1-34(2,3)41(4,5)40-22-17-29(35)26-13-14-30-28(23-26)33(37-32(36-30)25-11-12-25)39-20-15-24(16-21-39)27-9-6-7-10-31(27)38-18-8-19-38/h6-7,9-10,13-14,23-25,29H,8,11-12,15-22,35H2,1-5H3. The highest BCUT2D eigenvalue weighted by Crippen LogP contribution is 2.42. The molecule has 2 saturated heterocycles. The first kappa shape index (κ1) is 28.6. The Kier molecular flexibility index (Phi) is 7.90. The van der Waals surface area contributed by atoms with Crippen molar-refractivity contribution in [3.05, 3.63) is 59.4 Å². The Morgan fingerprint density at radius 1 is 0.927 bits per heavy atom. The molecule has 3 aliphatic rings. The summed E-state index contributed by atoms with van der Waals surface area (Å²) >= 11 is 0. The largest absolute Gasteiger partial charge is 0.417 e. The number of benzene rings is 2. The van der Waals surface area contributed by atoms with Gasteiger partial charge in [0, 0.05) is 55.8 Å². The van der Waals surface area contributed by atoms with Crippen LogP contribution in [0.15, 0.2) is 42.5 Å². The van der Waals surface area contributed by atoms with Gasteiger partial charge in [0.2, 0.25) is 0 Å². The molecule has 6 rings (SSSR count). The molecule has 0 radical (unpaired) electrons. The molecule has 3 aromatic rings. The number of para-hydroxylation sites is 1. The Balaban J connectivity index is 1.21. The summed E-state index contributed by atoms with van der Waals surface area (Å²) in [4.78, 5) is 15.3. The Bertz CT molecular complexity index is 1370. The average Bonchev–Trinajstić information content (AvgIpc) is 3.77. The van der Waals surface area contributed by atoms with E-state index >= 15 is 0 Å². The first-order chi connectivity index (χ1) is 19.6. The topological polar surface area (TPSA) is 67.5 Å². The summed E-state index contributed by atoms with van der Waals surface area (Å²) in [5.41, 5.74) is 11.9. The number of aromatic nitrogens is 2. The molecular formula is C34H49N5OSi. The van der Waals surface area contributed by atoms with Gasteiger partial charge < -0.3 is 20.0 Å². The molecule has 1 unspecified atom stereocenters. The summed E-state index contributed by atoms with van der Waals surface area (Å²) in [6, 6.07) is 15.6. The summed E-state index contributed by atoms with van der Waals surface area (Å²) in [5, 5.41) is 1.35. The van der Waals surface area contributed by atoms with Crippen LogP contribution in [0, 0.1) is 0 Å². The molecule has 6 nitrogen and oxygen atoms in total. The Morgan fingerprint density at radius 3 is 2.32 bits per heavy atom. The second-order valence-electron chi connectivity index (χ2n) is 14.1. The van der Waals surface area contributed by atoms with Gasteiger partial charge in [-0.15, -0.1) is 0 Å². The quantitative estimate of drug-likeness (QED) is 0.268. The molecular weight excluding hydrogens is 522 g/mol. The predicted octanol–water partition coefficient (Wildman–Crippen LogP) is 7.51. The number of hydrogen-bond acceptors (Lipinski definition) is 6. The minimum absolute atomic E-state index is 0.0659. The predicted molar refractivity (Wildman–Crippen MR) is 174 cm³/mol. The van der Waals surface area contributed by atoms with Gasteiger partial charge in [0.05, 0.1) is 5.52 Å². The van der Waals surface area contributed by atoms with Crippen molar-refractivity contribution in [2.75, 3.05) is 42.6 Å². The van der Waals surface area contributed by atoms with E-state index < -0.39 is 8.32 Å². The second kappa shape index (κ2) is 11.3. The minimum Gasteiger partial charge on any atom is -0.417 e. The zero-order chi connectivity index (χ0) is 28.8. The summed E-state index contributed by atoms with van der Waals surface area (Å²) < 4.78 is 6.44. The zero-order valence-corrected chi connectivity index (χ0v) is 26.8. The lowest BCUT2D eigenvalue weighted by Gasteiger charge is -2.39. The van der Waals surface area contributed by atoms with Crippen LogP contribution in [0.1, 0.15) is 94.1 Å². The zero-order valence-electron chi connectivity index (χ0n) is 25.8. The van der Waals surface area contributed by atoms with Crippen molar-refractivity contribution in [2.24, 2.45) is 5.73 Å². The van der Waals surface area contributed by atoms with E-state index in [4.69, 9.17) is 20.1 Å². The molecule has 41 heavy (non-hydrogen) atoms. The van der Waals surface area contributed by atoms with Gasteiger partial charge >= 0.3 is 0 Å². The lowest BCUT2D eigenvalue weighted by atomic mass is 9.87. The highest BCUT2D eigenvalue weighted by Gasteiger charge is 2.37. The van der Waals surface area contributed by atoms with E-state index in [0.717, 1.165) is 60.5 Å². The maximum Gasteiger partial charge on any atom is 0.191 e. The Morgan fingerprint density at radius 2 is 1.66 bits per heavy atom. The van der Waals surface area contributed by atoms with Gasteiger partial charge in [0.25, 0.3) is 0 Å². The van der Waals surface area contributed by atoms with Crippen LogP contribution in [0.4, 0.5) is 11.5 Å². The van der Waals surface area contributed by atoms with Crippen LogP contribution in [0.3, 0.4) is 0 Å². The number of anilines is 2. The molecule has 2 aromatic carbocycles. The molecule has 1 atom stereocenters. The number of rotatable bonds is 9. The molecule has 2 aliphatic heterocycles. The van der Waals surface area contributed by atoms with E-state index in [-0.39, 0.29) is 11.1 Å². The van der Waals surface area contributed by atoms with Crippen molar-refractivity contribution in [1.29, 1.82) is 0 Å². The summed E-state index contributed by atoms with van der Waals surface area (Å²) in [5.74, 6) is 3.26. The van der Waals surface area contributed by atoms with Gasteiger partial charge in [-0.05, 0) is 91.9 Å². The third-order valence-electron chi connectivity index (χ3n) is 10.2. The van der Waals surface area contributed by atoms with Gasteiger partial charge in [0.1, 0.15) is 11.6 Å². The molecule has 220 valence electrons. The van der Waals surface area contributed by atoms with E-state index in [0.29, 0.717) is 18.4 Å². The van der Waals surface area contributed by atoms with Crippen LogP contribution in [-0.2, 0) is 4.43 Å². The Labute approximate surface area is 247 Å². The van der Waals surface area contributed by atoms with Gasteiger partial charge in [-0.25, -0.2) is 9.97 Å². The number of hydrogen-bond donors (Lipinski definition) is 1. The molecule has 7 heteroatoms. The van der Waals surface area contributed by atoms with Crippen molar-refractivity contribution in [1.82, 2.24) is 9.97 Å². The van der Waals surface area contributed by atoms with Crippen molar-refractivity contribution in [3.63, 3.8) is 0 Å². The van der Waals surface area contributed by atoms with Crippen LogP contribution in [0.2, 0.25) is 18.1 Å². The molecule has 1 aromatic heterocycles. The lowest BCUT2D eigenvalue weighted by Crippen LogP contribution is -2.41. The monoisotopic (exact) mass is 571 g/mol. The molecule has 3 fully saturated rings. The first-order valence-electron chi connectivity index (χ1n) is 15.9. The fraction of sp³-hybridized carbons (Fsp3) is 0.588. The number of fused-ring (bicyclic) bond motifs is 1. The fourth-order valence-corrected chi connectivity index (χ4v) is 7.11. The van der Waals surface area contributed by atoms with E-state index in [1.54, 1.807) is 0 Å². The molecule has 0 bridgehead atoms. The van der Waals surface area contributed by atoms with E-state index in [9.17, 15) is 0 Å². The van der Waals surface area contributed by atoms with Crippen molar-refractivity contribution in [2.45, 2.75) is 95.3 Å². The van der Waals surface area contributed by atoms with Crippen LogP contribution >= 0.6 is 0 Å². The summed E-state index contributed by atoms with van der Waals surface area (Å²) in [7, 11) is -1.78. The maximum atomic E-state index is 6.76. The van der Waals surface area contributed by atoms with Crippen LogP contribution in [0.25, 0.3) is 10.9 Å². The van der Waals surface area contributed by atoms with Gasteiger partial charge in [-0.2, -0.15) is 0 Å². The van der Waals surface area contributed by atoms with Crippen molar-refractivity contribution in [3.8, 4) is 0 Å². The van der Waals surface area contributed by atoms with E-state index in [1.165, 1.54) is 43.6 Å². The van der Waals surface area contributed by atoms with E-state index in [1.807, 2.05) is 0 Å². The smallest absolute Gasteiger partial charge is 0.191 e. The normalized spacial score (nSPS) is 19.5. The van der Waals surface area contributed by atoms with Crippen LogP contribution < -0.4 is 15.5 Å². The summed E-state index contributed by atoms with van der Waals surface area (Å²) in [6.07, 6.45) is 6.84. The SMILES string of the molecule is CC(C)(C)[Si](C)(C)OCCC(N)c1ccc2nc(C3CC3)nc(N3CCC(c4ccccc4N4CCC4)CC3)c2c1. The molecule has 0 amide bonds. The Hall–Kier alpha value is -2.48. The third-order valence-corrected chi connectivity index (χ3v) is 14.7. The summed E-state index contributed by atoms with van der Waals surface area (Å²) in [6.45, 7) is 16.6. The molecule has 2 N–H and O–H groups in total. The second-order valence-corrected chi connectivity index (χ2v) is 18.9. The van der Waals surface area contributed by atoms with E-state index in [2.05, 4.69) is 86.1 Å². The molecule has 3 heterocycles. The molecule has 1 saturated carbocycles. The first-order valence-corrected chi connectivity index (χ1v) is 18.8. The average molecular weight is 572 g/mol. The molecule has 0 spiro atoms. The van der Waals surface area contributed by atoms with Crippen molar-refractivity contribution < 1.29 is 4.43 Å². The minimum atomic E-state index is -1.78. The number of nitrogens with zero attached hydrogens (tertiary/aromatic N) is 4. The highest BCUT2D eigenvalue weighted by atomic mass is 28.4. The third kappa shape index (κ3) is 6.04. The lowest BCUT2D eigenvalue weighted by molar-refractivity contribution is 0.272.